The first-order valence-electron chi connectivity index (χ1n) is 12.1. The van der Waals surface area contributed by atoms with Crippen LogP contribution in [0.1, 0.15) is 49.1 Å². The Labute approximate surface area is 205 Å². The zero-order valence-electron chi connectivity index (χ0n) is 19.9. The number of carbonyl (C=O) groups excluding carboxylic acids is 2. The monoisotopic (exact) mass is 480 g/mol. The number of nitrogens with one attached hydrogen (secondary N) is 2. The summed E-state index contributed by atoms with van der Waals surface area (Å²) in [6.45, 7) is 0.674. The Morgan fingerprint density at radius 3 is 2.31 bits per heavy atom. The number of alkyl carbamates (subject to hydrolysis) is 1. The second-order valence-electron chi connectivity index (χ2n) is 9.21. The van der Waals surface area contributed by atoms with Gasteiger partial charge >= 0.3 is 12.1 Å². The van der Waals surface area contributed by atoms with Crippen LogP contribution in [-0.4, -0.2) is 55.5 Å². The lowest BCUT2D eigenvalue weighted by Crippen LogP contribution is -2.43. The molecule has 0 aromatic heterocycles. The van der Waals surface area contributed by atoms with Crippen LogP contribution in [-0.2, 0) is 19.1 Å². The Morgan fingerprint density at radius 2 is 1.69 bits per heavy atom. The van der Waals surface area contributed by atoms with Crippen LogP contribution in [0.15, 0.2) is 48.5 Å². The molecule has 0 saturated heterocycles. The molecule has 2 aromatic carbocycles. The molecule has 1 saturated carbocycles. The fourth-order valence-corrected chi connectivity index (χ4v) is 5.14. The number of ether oxygens (including phenoxy) is 2. The summed E-state index contributed by atoms with van der Waals surface area (Å²) in [5, 5.41) is 14.9. The molecule has 3 atom stereocenters. The average Bonchev–Trinajstić information content (AvgIpc) is 3.45. The lowest BCUT2D eigenvalue weighted by molar-refractivity contribution is -0.142. The largest absolute Gasteiger partial charge is 0.480 e. The highest BCUT2D eigenvalue weighted by atomic mass is 16.5. The van der Waals surface area contributed by atoms with E-state index < -0.39 is 18.1 Å². The average molecular weight is 481 g/mol. The molecule has 186 valence electrons. The van der Waals surface area contributed by atoms with E-state index in [4.69, 9.17) is 9.47 Å². The number of aliphatic carboxylic acids is 1. The molecule has 3 N–H and O–H groups in total. The molecule has 8 heteroatoms. The Kier molecular flexibility index (Phi) is 8.02. The van der Waals surface area contributed by atoms with Crippen molar-refractivity contribution in [2.75, 3.05) is 20.3 Å². The summed E-state index contributed by atoms with van der Waals surface area (Å²) in [4.78, 5) is 36.6. The number of hydrogen-bond acceptors (Lipinski definition) is 5. The molecule has 0 radical (unpaired) electrons. The zero-order chi connectivity index (χ0) is 24.8. The van der Waals surface area contributed by atoms with Gasteiger partial charge in [0.15, 0.2) is 0 Å². The van der Waals surface area contributed by atoms with Gasteiger partial charge in [0, 0.05) is 31.6 Å². The molecule has 0 aliphatic heterocycles. The van der Waals surface area contributed by atoms with Crippen molar-refractivity contribution in [2.45, 2.75) is 50.1 Å². The van der Waals surface area contributed by atoms with Crippen LogP contribution in [0.3, 0.4) is 0 Å². The summed E-state index contributed by atoms with van der Waals surface area (Å²) in [5.41, 5.74) is 4.64. The van der Waals surface area contributed by atoms with Crippen molar-refractivity contribution in [2.24, 2.45) is 5.92 Å². The third kappa shape index (κ3) is 5.82. The van der Waals surface area contributed by atoms with Crippen LogP contribution in [0.25, 0.3) is 11.1 Å². The number of carboxylic acids is 1. The number of rotatable bonds is 10. The second-order valence-corrected chi connectivity index (χ2v) is 9.21. The van der Waals surface area contributed by atoms with E-state index in [2.05, 4.69) is 34.9 Å². The van der Waals surface area contributed by atoms with Gasteiger partial charge in [-0.2, -0.15) is 0 Å². The number of fused-ring (bicyclic) bond motifs is 3. The smallest absolute Gasteiger partial charge is 0.407 e. The van der Waals surface area contributed by atoms with Crippen LogP contribution >= 0.6 is 0 Å². The number of carboxylic acid groups (broad SMARTS) is 1. The lowest BCUT2D eigenvalue weighted by atomic mass is 9.98. The molecule has 1 unspecified atom stereocenters. The van der Waals surface area contributed by atoms with E-state index in [9.17, 15) is 19.5 Å². The van der Waals surface area contributed by atoms with E-state index in [0.29, 0.717) is 38.7 Å². The predicted molar refractivity (Wildman–Crippen MR) is 130 cm³/mol. The molecule has 2 amide bonds. The van der Waals surface area contributed by atoms with Crippen molar-refractivity contribution in [3.05, 3.63) is 59.7 Å². The van der Waals surface area contributed by atoms with Gasteiger partial charge in [-0.25, -0.2) is 9.59 Å². The summed E-state index contributed by atoms with van der Waals surface area (Å²) in [5.74, 6) is -1.69. The molecule has 4 rings (SSSR count). The molecular formula is C27H32N2O6. The van der Waals surface area contributed by atoms with Crippen molar-refractivity contribution in [1.82, 2.24) is 10.6 Å². The first-order chi connectivity index (χ1) is 17.0. The van der Waals surface area contributed by atoms with Gasteiger partial charge in [0.1, 0.15) is 12.6 Å². The molecule has 2 aliphatic carbocycles. The van der Waals surface area contributed by atoms with E-state index >= 15 is 0 Å². The summed E-state index contributed by atoms with van der Waals surface area (Å²) in [6, 6.07) is 15.2. The zero-order valence-corrected chi connectivity index (χ0v) is 19.9. The lowest BCUT2D eigenvalue weighted by Gasteiger charge is -2.18. The van der Waals surface area contributed by atoms with Gasteiger partial charge < -0.3 is 25.2 Å². The Bertz CT molecular complexity index is 1030. The van der Waals surface area contributed by atoms with E-state index in [0.717, 1.165) is 11.1 Å². The van der Waals surface area contributed by atoms with Crippen LogP contribution in [0.2, 0.25) is 0 Å². The Hall–Kier alpha value is -3.39. The van der Waals surface area contributed by atoms with E-state index in [1.165, 1.54) is 11.1 Å². The highest BCUT2D eigenvalue weighted by Crippen LogP contribution is 2.44. The Morgan fingerprint density at radius 1 is 1.03 bits per heavy atom. The van der Waals surface area contributed by atoms with Crippen molar-refractivity contribution < 1.29 is 29.0 Å². The van der Waals surface area contributed by atoms with Gasteiger partial charge in [0.2, 0.25) is 5.91 Å². The molecule has 1 fully saturated rings. The predicted octanol–water partition coefficient (Wildman–Crippen LogP) is 3.69. The fraction of sp³-hybridized carbons (Fsp3) is 0.444. The molecule has 2 aliphatic rings. The number of hydrogen-bond donors (Lipinski definition) is 3. The summed E-state index contributed by atoms with van der Waals surface area (Å²) < 4.78 is 10.6. The first-order valence-corrected chi connectivity index (χ1v) is 12.1. The second kappa shape index (κ2) is 11.4. The number of benzene rings is 2. The maximum absolute atomic E-state index is 12.6. The fourth-order valence-electron chi connectivity index (χ4n) is 5.14. The third-order valence-corrected chi connectivity index (χ3v) is 6.92. The number of carbonyl (C=O) groups is 3. The highest BCUT2D eigenvalue weighted by Gasteiger charge is 2.34. The molecule has 0 spiro atoms. The minimum absolute atomic E-state index is 0.0127. The van der Waals surface area contributed by atoms with Crippen LogP contribution in [0, 0.1) is 5.92 Å². The minimum atomic E-state index is -1.05. The normalized spacial score (nSPS) is 19.5. The standard InChI is InChI=1S/C27H32N2O6/c1-34-14-6-11-24(26(31)32)29-25(30)17-12-13-18(15-17)28-27(33)35-16-23-21-9-4-2-7-19(21)20-8-3-5-10-22(20)23/h2-5,7-10,17-18,23-24H,6,11-16H2,1H3,(H,28,33)(H,29,30)(H,31,32)/t17-,18+,24?/m1/s1. The molecule has 35 heavy (non-hydrogen) atoms. The van der Waals surface area contributed by atoms with Gasteiger partial charge in [0.05, 0.1) is 0 Å². The van der Waals surface area contributed by atoms with Crippen molar-refractivity contribution >= 4 is 18.0 Å². The number of amides is 2. The summed E-state index contributed by atoms with van der Waals surface area (Å²) >= 11 is 0. The van der Waals surface area contributed by atoms with Crippen LogP contribution in [0.5, 0.6) is 0 Å². The topological polar surface area (TPSA) is 114 Å². The highest BCUT2D eigenvalue weighted by molar-refractivity contribution is 5.85. The maximum Gasteiger partial charge on any atom is 0.407 e. The van der Waals surface area contributed by atoms with Gasteiger partial charge in [-0.05, 0) is 54.4 Å². The molecule has 0 heterocycles. The minimum Gasteiger partial charge on any atom is -0.480 e. The van der Waals surface area contributed by atoms with Gasteiger partial charge in [-0.3, -0.25) is 4.79 Å². The van der Waals surface area contributed by atoms with Crippen molar-refractivity contribution in [3.8, 4) is 11.1 Å². The van der Waals surface area contributed by atoms with Crippen molar-refractivity contribution in [3.63, 3.8) is 0 Å². The molecule has 8 nitrogen and oxygen atoms in total. The third-order valence-electron chi connectivity index (χ3n) is 6.92. The maximum atomic E-state index is 12.6. The number of methoxy groups -OCH3 is 1. The SMILES string of the molecule is COCCCC(NC(=O)[C@@H]1CC[C@H](NC(=O)OCC2c3ccccc3-c3ccccc32)C1)C(=O)O. The van der Waals surface area contributed by atoms with Gasteiger partial charge in [0.25, 0.3) is 0 Å². The summed E-state index contributed by atoms with van der Waals surface area (Å²) in [7, 11) is 1.55. The van der Waals surface area contributed by atoms with E-state index in [1.54, 1.807) is 7.11 Å². The Balaban J connectivity index is 1.26. The quantitative estimate of drug-likeness (QED) is 0.447. The van der Waals surface area contributed by atoms with Crippen LogP contribution < -0.4 is 10.6 Å². The molecular weight excluding hydrogens is 448 g/mol. The molecule has 0 bridgehead atoms. The van der Waals surface area contributed by atoms with E-state index in [-0.39, 0.29) is 30.4 Å². The summed E-state index contributed by atoms with van der Waals surface area (Å²) in [6.07, 6.45) is 2.04. The van der Waals surface area contributed by atoms with Gasteiger partial charge in [-0.1, -0.05) is 48.5 Å². The molecule has 2 aromatic rings. The van der Waals surface area contributed by atoms with Crippen molar-refractivity contribution in [1.29, 1.82) is 0 Å². The first kappa shape index (κ1) is 24.7. The van der Waals surface area contributed by atoms with Gasteiger partial charge in [-0.15, -0.1) is 0 Å². The van der Waals surface area contributed by atoms with E-state index in [1.807, 2.05) is 24.3 Å². The van der Waals surface area contributed by atoms with Crippen LogP contribution in [0.4, 0.5) is 4.79 Å².